The van der Waals surface area contributed by atoms with Crippen LogP contribution in [0.15, 0.2) is 24.5 Å². The van der Waals surface area contributed by atoms with Gasteiger partial charge in [0.1, 0.15) is 0 Å². The number of piperazine rings is 1. The molecule has 0 spiro atoms. The van der Waals surface area contributed by atoms with Gasteiger partial charge in [-0.1, -0.05) is 6.07 Å². The van der Waals surface area contributed by atoms with Crippen LogP contribution in [0.2, 0.25) is 0 Å². The summed E-state index contributed by atoms with van der Waals surface area (Å²) >= 11 is 0. The van der Waals surface area contributed by atoms with E-state index in [0.717, 1.165) is 12.6 Å². The van der Waals surface area contributed by atoms with E-state index in [1.54, 1.807) is 0 Å². The smallest absolute Gasteiger partial charge is 0.0312 e. The van der Waals surface area contributed by atoms with Gasteiger partial charge in [-0.05, 0) is 24.6 Å². The van der Waals surface area contributed by atoms with E-state index in [4.69, 9.17) is 0 Å². The van der Waals surface area contributed by atoms with Crippen molar-refractivity contribution in [3.8, 4) is 0 Å². The van der Waals surface area contributed by atoms with Gasteiger partial charge in [-0.15, -0.1) is 12.4 Å². The molecule has 0 amide bonds. The van der Waals surface area contributed by atoms with E-state index < -0.39 is 0 Å². The number of hydrogen-bond acceptors (Lipinski definition) is 4. The summed E-state index contributed by atoms with van der Waals surface area (Å²) in [7, 11) is 0. The molecule has 2 aliphatic rings. The molecule has 3 heterocycles. The molecule has 2 saturated heterocycles. The molecule has 19 heavy (non-hydrogen) atoms. The van der Waals surface area contributed by atoms with Gasteiger partial charge in [0.15, 0.2) is 0 Å². The summed E-state index contributed by atoms with van der Waals surface area (Å²) in [5.41, 5.74) is 1.33. The van der Waals surface area contributed by atoms with Crippen molar-refractivity contribution in [1.82, 2.24) is 20.1 Å². The second-order valence-corrected chi connectivity index (χ2v) is 5.32. The van der Waals surface area contributed by atoms with E-state index in [1.807, 2.05) is 18.5 Å². The number of nitrogens with one attached hydrogen (secondary N) is 1. The van der Waals surface area contributed by atoms with E-state index in [-0.39, 0.29) is 12.4 Å². The Labute approximate surface area is 121 Å². The fourth-order valence-corrected chi connectivity index (χ4v) is 2.99. The molecule has 1 aromatic rings. The van der Waals surface area contributed by atoms with Gasteiger partial charge < -0.3 is 5.32 Å². The first-order valence-electron chi connectivity index (χ1n) is 6.98. The molecule has 1 unspecified atom stereocenters. The first-order valence-corrected chi connectivity index (χ1v) is 6.98. The van der Waals surface area contributed by atoms with Gasteiger partial charge in [0.05, 0.1) is 0 Å². The highest BCUT2D eigenvalue weighted by Crippen LogP contribution is 2.13. The Kier molecular flexibility index (Phi) is 5.58. The predicted octanol–water partition coefficient (Wildman–Crippen LogP) is 0.983. The highest BCUT2D eigenvalue weighted by molar-refractivity contribution is 5.85. The molecule has 1 atom stereocenters. The Morgan fingerprint density at radius 3 is 2.74 bits per heavy atom. The summed E-state index contributed by atoms with van der Waals surface area (Å²) in [6.07, 6.45) is 5.14. The van der Waals surface area contributed by atoms with Crippen molar-refractivity contribution < 1.29 is 0 Å². The largest absolute Gasteiger partial charge is 0.315 e. The van der Waals surface area contributed by atoms with Crippen molar-refractivity contribution in [3.05, 3.63) is 30.1 Å². The lowest BCUT2D eigenvalue weighted by Crippen LogP contribution is -2.50. The fraction of sp³-hybridized carbons (Fsp3) is 0.643. The van der Waals surface area contributed by atoms with Crippen LogP contribution in [0, 0.1) is 0 Å². The lowest BCUT2D eigenvalue weighted by Gasteiger charge is -2.37. The molecule has 0 bridgehead atoms. The van der Waals surface area contributed by atoms with Gasteiger partial charge in [-0.25, -0.2) is 0 Å². The number of pyridine rings is 1. The molecule has 106 valence electrons. The van der Waals surface area contributed by atoms with Crippen LogP contribution in [0.1, 0.15) is 12.0 Å². The molecule has 4 nitrogen and oxygen atoms in total. The average Bonchev–Trinajstić information content (AvgIpc) is 2.95. The minimum atomic E-state index is 0. The third-order valence-corrected chi connectivity index (χ3v) is 4.09. The predicted molar refractivity (Wildman–Crippen MR) is 79.6 cm³/mol. The van der Waals surface area contributed by atoms with Crippen molar-refractivity contribution in [1.29, 1.82) is 0 Å². The van der Waals surface area contributed by atoms with Crippen LogP contribution in [-0.2, 0) is 6.54 Å². The van der Waals surface area contributed by atoms with Gasteiger partial charge in [0.25, 0.3) is 0 Å². The molecule has 0 aliphatic carbocycles. The van der Waals surface area contributed by atoms with Crippen molar-refractivity contribution in [2.75, 3.05) is 39.3 Å². The van der Waals surface area contributed by atoms with E-state index in [0.29, 0.717) is 0 Å². The third-order valence-electron chi connectivity index (χ3n) is 4.09. The summed E-state index contributed by atoms with van der Waals surface area (Å²) in [4.78, 5) is 9.37. The minimum absolute atomic E-state index is 0. The van der Waals surface area contributed by atoms with E-state index in [2.05, 4.69) is 26.2 Å². The minimum Gasteiger partial charge on any atom is -0.315 e. The Balaban J connectivity index is 0.00000133. The molecule has 5 heteroatoms. The Hall–Kier alpha value is -0.680. The van der Waals surface area contributed by atoms with E-state index in [9.17, 15) is 0 Å². The highest BCUT2D eigenvalue weighted by Gasteiger charge is 2.25. The normalized spacial score (nSPS) is 25.2. The Morgan fingerprint density at radius 2 is 2.11 bits per heavy atom. The van der Waals surface area contributed by atoms with E-state index >= 15 is 0 Å². The van der Waals surface area contributed by atoms with Crippen molar-refractivity contribution in [2.24, 2.45) is 0 Å². The molecular weight excluding hydrogens is 260 g/mol. The van der Waals surface area contributed by atoms with Crippen molar-refractivity contribution in [3.63, 3.8) is 0 Å². The van der Waals surface area contributed by atoms with E-state index in [1.165, 1.54) is 51.3 Å². The van der Waals surface area contributed by atoms with Gasteiger partial charge in [0.2, 0.25) is 0 Å². The summed E-state index contributed by atoms with van der Waals surface area (Å²) in [5.74, 6) is 0. The fourth-order valence-electron chi connectivity index (χ4n) is 2.99. The second kappa shape index (κ2) is 7.20. The molecule has 0 aromatic carbocycles. The van der Waals surface area contributed by atoms with Crippen LogP contribution in [0.4, 0.5) is 0 Å². The lowest BCUT2D eigenvalue weighted by atomic mass is 10.1. The third kappa shape index (κ3) is 3.89. The van der Waals surface area contributed by atoms with Gasteiger partial charge >= 0.3 is 0 Å². The summed E-state index contributed by atoms with van der Waals surface area (Å²) < 4.78 is 0. The van der Waals surface area contributed by atoms with Gasteiger partial charge in [0, 0.05) is 57.7 Å². The maximum Gasteiger partial charge on any atom is 0.0312 e. The zero-order valence-electron chi connectivity index (χ0n) is 11.3. The standard InChI is InChI=1S/C14H22N4.ClH/c1-2-13(10-15-4-1)12-17-6-8-18(9-7-17)14-3-5-16-11-14;/h1-2,4,10,14,16H,3,5-9,11-12H2;1H. The molecular formula is C14H23ClN4. The number of hydrogen-bond donors (Lipinski definition) is 1. The maximum absolute atomic E-state index is 4.18. The average molecular weight is 283 g/mol. The zero-order chi connectivity index (χ0) is 12.2. The number of aromatic nitrogens is 1. The molecule has 1 aromatic heterocycles. The SMILES string of the molecule is Cl.c1cncc(CN2CCN(C3CCNC3)CC2)c1. The van der Waals surface area contributed by atoms with Crippen LogP contribution in [0.25, 0.3) is 0 Å². The van der Waals surface area contributed by atoms with Gasteiger partial charge in [-0.2, -0.15) is 0 Å². The zero-order valence-corrected chi connectivity index (χ0v) is 12.1. The van der Waals surface area contributed by atoms with Crippen LogP contribution >= 0.6 is 12.4 Å². The monoisotopic (exact) mass is 282 g/mol. The summed E-state index contributed by atoms with van der Waals surface area (Å²) in [6, 6.07) is 4.97. The lowest BCUT2D eigenvalue weighted by molar-refractivity contribution is 0.0981. The number of rotatable bonds is 3. The quantitative estimate of drug-likeness (QED) is 0.896. The highest BCUT2D eigenvalue weighted by atomic mass is 35.5. The molecule has 3 rings (SSSR count). The Bertz CT molecular complexity index is 359. The van der Waals surface area contributed by atoms with Crippen LogP contribution < -0.4 is 5.32 Å². The first-order chi connectivity index (χ1) is 8.92. The molecule has 2 fully saturated rings. The van der Waals surface area contributed by atoms with Crippen LogP contribution in [0.3, 0.4) is 0 Å². The molecule has 0 saturated carbocycles. The molecule has 2 aliphatic heterocycles. The number of halogens is 1. The van der Waals surface area contributed by atoms with Crippen LogP contribution in [-0.4, -0.2) is 60.1 Å². The van der Waals surface area contributed by atoms with Crippen molar-refractivity contribution in [2.45, 2.75) is 19.0 Å². The molecule has 1 N–H and O–H groups in total. The maximum atomic E-state index is 4.18. The molecule has 0 radical (unpaired) electrons. The summed E-state index contributed by atoms with van der Waals surface area (Å²) in [6.45, 7) is 8.23. The Morgan fingerprint density at radius 1 is 1.26 bits per heavy atom. The van der Waals surface area contributed by atoms with Crippen LogP contribution in [0.5, 0.6) is 0 Å². The van der Waals surface area contributed by atoms with Crippen molar-refractivity contribution >= 4 is 12.4 Å². The second-order valence-electron chi connectivity index (χ2n) is 5.32. The number of nitrogens with zero attached hydrogens (tertiary/aromatic N) is 3. The topological polar surface area (TPSA) is 31.4 Å². The first kappa shape index (κ1) is 14.7. The van der Waals surface area contributed by atoms with Gasteiger partial charge in [-0.3, -0.25) is 14.8 Å². The summed E-state index contributed by atoms with van der Waals surface area (Å²) in [5, 5.41) is 3.46.